The highest BCUT2D eigenvalue weighted by Gasteiger charge is 2.10. The molecule has 102 valence electrons. The second kappa shape index (κ2) is 8.16. The van der Waals surface area contributed by atoms with Crippen LogP contribution in [0.25, 0.3) is 6.08 Å². The van der Waals surface area contributed by atoms with Crippen molar-refractivity contribution in [3.8, 4) is 0 Å². The number of hydrazine groups is 1. The predicted octanol–water partition coefficient (Wildman–Crippen LogP) is 2.39. The van der Waals surface area contributed by atoms with Crippen LogP contribution in [0, 0.1) is 0 Å². The van der Waals surface area contributed by atoms with E-state index in [0.29, 0.717) is 24.3 Å². The maximum atomic E-state index is 11.8. The lowest BCUT2D eigenvalue weighted by atomic mass is 10.1. The molecule has 0 atom stereocenters. The summed E-state index contributed by atoms with van der Waals surface area (Å²) in [5.41, 5.74) is 5.29. The summed E-state index contributed by atoms with van der Waals surface area (Å²) < 4.78 is 0. The van der Waals surface area contributed by atoms with Crippen molar-refractivity contribution >= 4 is 29.7 Å². The number of amides is 2. The molecule has 0 heterocycles. The van der Waals surface area contributed by atoms with Crippen LogP contribution >= 0.6 is 11.6 Å². The number of carbonyl (C=O) groups is 2. The number of carbonyl (C=O) groups excluding carboxylic acids is 1. The van der Waals surface area contributed by atoms with E-state index < -0.39 is 12.0 Å². The molecule has 3 N–H and O–H groups in total. The van der Waals surface area contributed by atoms with E-state index in [1.54, 1.807) is 6.08 Å². The maximum absolute atomic E-state index is 11.8. The molecule has 0 aliphatic heterocycles. The van der Waals surface area contributed by atoms with E-state index in [1.165, 1.54) is 0 Å². The normalized spacial score (nSPS) is 10.9. The number of hydrogen-bond acceptors (Lipinski definition) is 2. The summed E-state index contributed by atoms with van der Waals surface area (Å²) in [5, 5.41) is 8.44. The number of halogens is 1. The number of hydrogen-bond donors (Lipinski definition) is 3. The van der Waals surface area contributed by atoms with Gasteiger partial charge in [0.1, 0.15) is 0 Å². The molecule has 0 spiro atoms. The van der Waals surface area contributed by atoms with Gasteiger partial charge in [-0.15, -0.1) is 11.6 Å². The quantitative estimate of drug-likeness (QED) is 0.441. The Morgan fingerprint density at radius 1 is 1.21 bits per heavy atom. The number of alkyl halides is 1. The van der Waals surface area contributed by atoms with Crippen LogP contribution in [-0.4, -0.2) is 23.0 Å². The number of benzene rings is 1. The van der Waals surface area contributed by atoms with Crippen LogP contribution in [0.2, 0.25) is 0 Å². The van der Waals surface area contributed by atoms with E-state index >= 15 is 0 Å². The molecule has 0 saturated carbocycles. The Bertz CT molecular complexity index is 460. The highest BCUT2D eigenvalue weighted by atomic mass is 35.5. The smallest absolute Gasteiger partial charge is 0.423 e. The summed E-state index contributed by atoms with van der Waals surface area (Å²) in [6.45, 7) is 0. The van der Waals surface area contributed by atoms with Gasteiger partial charge in [-0.1, -0.05) is 30.3 Å². The molecule has 1 aromatic rings. The van der Waals surface area contributed by atoms with Crippen molar-refractivity contribution in [2.75, 3.05) is 5.88 Å². The van der Waals surface area contributed by atoms with E-state index in [4.69, 9.17) is 16.7 Å². The summed E-state index contributed by atoms with van der Waals surface area (Å²) >= 11 is 5.61. The Hall–Kier alpha value is -2.01. The highest BCUT2D eigenvalue weighted by Crippen LogP contribution is 2.12. The minimum atomic E-state index is -1.32. The van der Waals surface area contributed by atoms with Crippen LogP contribution in [0.4, 0.5) is 4.79 Å². The fourth-order valence-corrected chi connectivity index (χ4v) is 1.58. The van der Waals surface area contributed by atoms with Gasteiger partial charge < -0.3 is 5.11 Å². The summed E-state index contributed by atoms with van der Waals surface area (Å²) in [6, 6.07) is 9.32. The average molecular weight is 283 g/mol. The zero-order valence-corrected chi connectivity index (χ0v) is 11.0. The SMILES string of the molecule is O=C(O)NNC(=O)C(=Cc1ccccc1)CCCCl. The van der Waals surface area contributed by atoms with Crippen molar-refractivity contribution in [1.82, 2.24) is 10.9 Å². The molecule has 5 nitrogen and oxygen atoms in total. The second-order valence-electron chi connectivity index (χ2n) is 3.76. The Morgan fingerprint density at radius 3 is 2.47 bits per heavy atom. The minimum absolute atomic E-state index is 0.436. The van der Waals surface area contributed by atoms with Gasteiger partial charge in [-0.05, 0) is 24.5 Å². The van der Waals surface area contributed by atoms with Gasteiger partial charge in [0.25, 0.3) is 5.91 Å². The zero-order chi connectivity index (χ0) is 14.1. The lowest BCUT2D eigenvalue weighted by Gasteiger charge is -2.08. The van der Waals surface area contributed by atoms with Crippen molar-refractivity contribution in [2.24, 2.45) is 0 Å². The van der Waals surface area contributed by atoms with Gasteiger partial charge in [-0.3, -0.25) is 10.2 Å². The van der Waals surface area contributed by atoms with Crippen LogP contribution in [0.1, 0.15) is 18.4 Å². The van der Waals surface area contributed by atoms with Gasteiger partial charge in [0.05, 0.1) is 0 Å². The minimum Gasteiger partial charge on any atom is -0.464 e. The first-order valence-corrected chi connectivity index (χ1v) is 6.28. The standard InChI is InChI=1S/C13H15ClN2O3/c14-8-4-7-11(12(17)15-16-13(18)19)9-10-5-2-1-3-6-10/h1-3,5-6,9,16H,4,7-8H2,(H,15,17)(H,18,19). The molecule has 0 aromatic heterocycles. The molecule has 0 radical (unpaired) electrons. The zero-order valence-electron chi connectivity index (χ0n) is 10.2. The van der Waals surface area contributed by atoms with E-state index in [1.807, 2.05) is 35.8 Å². The van der Waals surface area contributed by atoms with E-state index in [9.17, 15) is 9.59 Å². The van der Waals surface area contributed by atoms with Crippen molar-refractivity contribution in [2.45, 2.75) is 12.8 Å². The fourth-order valence-electron chi connectivity index (χ4n) is 1.45. The molecule has 19 heavy (non-hydrogen) atoms. The second-order valence-corrected chi connectivity index (χ2v) is 4.14. The van der Waals surface area contributed by atoms with E-state index in [2.05, 4.69) is 5.43 Å². The molecule has 0 unspecified atom stereocenters. The predicted molar refractivity (Wildman–Crippen MR) is 73.7 cm³/mol. The summed E-state index contributed by atoms with van der Waals surface area (Å²) in [6.07, 6.45) is 1.52. The monoisotopic (exact) mass is 282 g/mol. The van der Waals surface area contributed by atoms with Crippen molar-refractivity contribution in [3.63, 3.8) is 0 Å². The lowest BCUT2D eigenvalue weighted by molar-refractivity contribution is -0.118. The number of rotatable bonds is 5. The molecular formula is C13H15ClN2O3. The van der Waals surface area contributed by atoms with Crippen LogP contribution in [-0.2, 0) is 4.79 Å². The molecule has 0 aliphatic rings. The Labute approximate surface area is 116 Å². The van der Waals surface area contributed by atoms with Crippen molar-refractivity contribution in [1.29, 1.82) is 0 Å². The van der Waals surface area contributed by atoms with Crippen LogP contribution in [0.5, 0.6) is 0 Å². The third kappa shape index (κ3) is 5.92. The molecule has 6 heteroatoms. The molecule has 0 bridgehead atoms. The van der Waals surface area contributed by atoms with Crippen LogP contribution in [0.3, 0.4) is 0 Å². The first kappa shape index (κ1) is 15.0. The van der Waals surface area contributed by atoms with E-state index in [0.717, 1.165) is 5.56 Å². The molecule has 0 aliphatic carbocycles. The number of carboxylic acid groups (broad SMARTS) is 1. The first-order chi connectivity index (χ1) is 9.13. The number of nitrogens with one attached hydrogen (secondary N) is 2. The van der Waals surface area contributed by atoms with Gasteiger partial charge in [-0.2, -0.15) is 0 Å². The first-order valence-electron chi connectivity index (χ1n) is 5.74. The summed E-state index contributed by atoms with van der Waals surface area (Å²) in [5.74, 6) is -0.0393. The third-order valence-corrected chi connectivity index (χ3v) is 2.56. The van der Waals surface area contributed by atoms with Gasteiger partial charge in [0.2, 0.25) is 0 Å². The topological polar surface area (TPSA) is 78.4 Å². The molecule has 2 amide bonds. The van der Waals surface area contributed by atoms with Crippen LogP contribution < -0.4 is 10.9 Å². The average Bonchev–Trinajstić information content (AvgIpc) is 2.41. The van der Waals surface area contributed by atoms with E-state index in [-0.39, 0.29) is 0 Å². The van der Waals surface area contributed by atoms with Crippen molar-refractivity contribution in [3.05, 3.63) is 41.5 Å². The Balaban J connectivity index is 2.79. The summed E-state index contributed by atoms with van der Waals surface area (Å²) in [4.78, 5) is 22.1. The Kier molecular flexibility index (Phi) is 6.46. The van der Waals surface area contributed by atoms with Crippen LogP contribution in [0.15, 0.2) is 35.9 Å². The van der Waals surface area contributed by atoms with Gasteiger partial charge in [0, 0.05) is 11.5 Å². The summed E-state index contributed by atoms with van der Waals surface area (Å²) in [7, 11) is 0. The largest absolute Gasteiger partial charge is 0.464 e. The molecule has 1 rings (SSSR count). The molecule has 1 aromatic carbocycles. The highest BCUT2D eigenvalue weighted by molar-refractivity contribution is 6.17. The van der Waals surface area contributed by atoms with Gasteiger partial charge in [0.15, 0.2) is 0 Å². The van der Waals surface area contributed by atoms with Crippen molar-refractivity contribution < 1.29 is 14.7 Å². The molecule has 0 fully saturated rings. The van der Waals surface area contributed by atoms with Gasteiger partial charge in [-0.25, -0.2) is 10.2 Å². The third-order valence-electron chi connectivity index (χ3n) is 2.29. The maximum Gasteiger partial charge on any atom is 0.423 e. The fraction of sp³-hybridized carbons (Fsp3) is 0.231. The lowest BCUT2D eigenvalue weighted by Crippen LogP contribution is -2.41. The molecular weight excluding hydrogens is 268 g/mol. The van der Waals surface area contributed by atoms with Gasteiger partial charge >= 0.3 is 6.09 Å². The molecule has 0 saturated heterocycles. The Morgan fingerprint density at radius 2 is 1.89 bits per heavy atom.